The number of carboxylic acid groups (broad SMARTS) is 1. The first-order valence-electron chi connectivity index (χ1n) is 12.1. The Labute approximate surface area is 206 Å². The molecule has 10 nitrogen and oxygen atoms in total. The van der Waals surface area contributed by atoms with Crippen molar-refractivity contribution in [1.29, 1.82) is 0 Å². The van der Waals surface area contributed by atoms with E-state index in [4.69, 9.17) is 29.2 Å². The van der Waals surface area contributed by atoms with Crippen molar-refractivity contribution in [2.24, 2.45) is 5.92 Å². The number of aromatic nitrogens is 3. The summed E-state index contributed by atoms with van der Waals surface area (Å²) in [5.74, 6) is 1.69. The minimum Gasteiger partial charge on any atom is -0.483 e. The first kappa shape index (κ1) is 26.9. The van der Waals surface area contributed by atoms with E-state index in [1.807, 2.05) is 31.5 Å². The summed E-state index contributed by atoms with van der Waals surface area (Å²) in [6.07, 6.45) is 5.43. The summed E-state index contributed by atoms with van der Waals surface area (Å²) in [6, 6.07) is 2.04. The lowest BCUT2D eigenvalue weighted by molar-refractivity contribution is -0.122. The van der Waals surface area contributed by atoms with Crippen molar-refractivity contribution in [2.45, 2.75) is 52.1 Å². The third-order valence-electron chi connectivity index (χ3n) is 6.72. The number of hydrogen-bond donors (Lipinski definition) is 2. The fourth-order valence-electron chi connectivity index (χ4n) is 4.76. The molecule has 0 unspecified atom stereocenters. The minimum atomic E-state index is -0.594. The lowest BCUT2D eigenvalue weighted by Crippen LogP contribution is -2.43. The monoisotopic (exact) mass is 490 g/mol. The van der Waals surface area contributed by atoms with Crippen LogP contribution in [0.1, 0.15) is 43.5 Å². The molecule has 2 aromatic heterocycles. The molecule has 10 heteroatoms. The van der Waals surface area contributed by atoms with Gasteiger partial charge >= 0.3 is 0 Å². The SMILES string of the molecule is COc1ncc(-n2nc(OCCN3CCC(C(C)(C)O)CC3)c3c2CCOCC3)cc1C.O=CO. The van der Waals surface area contributed by atoms with Gasteiger partial charge in [-0.05, 0) is 58.7 Å². The Morgan fingerprint density at radius 2 is 1.91 bits per heavy atom. The number of piperidine rings is 1. The van der Waals surface area contributed by atoms with Crippen molar-refractivity contribution < 1.29 is 29.2 Å². The Balaban J connectivity index is 0.00000108. The number of fused-ring (bicyclic) bond motifs is 1. The van der Waals surface area contributed by atoms with Crippen LogP contribution in [0.25, 0.3) is 5.69 Å². The van der Waals surface area contributed by atoms with Crippen LogP contribution in [0.15, 0.2) is 12.3 Å². The van der Waals surface area contributed by atoms with Gasteiger partial charge in [0.05, 0.1) is 43.5 Å². The van der Waals surface area contributed by atoms with Crippen molar-refractivity contribution in [1.82, 2.24) is 19.7 Å². The second kappa shape index (κ2) is 12.3. The molecule has 4 rings (SSSR count). The average Bonchev–Trinajstić information content (AvgIpc) is 2.99. The fourth-order valence-corrected chi connectivity index (χ4v) is 4.76. The summed E-state index contributed by atoms with van der Waals surface area (Å²) in [6.45, 7) is 10.4. The molecule has 1 fully saturated rings. The zero-order valence-electron chi connectivity index (χ0n) is 21.2. The van der Waals surface area contributed by atoms with E-state index in [1.165, 1.54) is 0 Å². The summed E-state index contributed by atoms with van der Waals surface area (Å²) >= 11 is 0. The molecule has 0 bridgehead atoms. The number of aliphatic hydroxyl groups is 1. The Kier molecular flexibility index (Phi) is 9.47. The van der Waals surface area contributed by atoms with E-state index in [9.17, 15) is 5.11 Å². The smallest absolute Gasteiger partial charge is 0.290 e. The van der Waals surface area contributed by atoms with Gasteiger partial charge in [-0.3, -0.25) is 9.69 Å². The van der Waals surface area contributed by atoms with Gasteiger partial charge in [-0.15, -0.1) is 5.10 Å². The highest BCUT2D eigenvalue weighted by Gasteiger charge is 2.30. The number of pyridine rings is 1. The highest BCUT2D eigenvalue weighted by molar-refractivity contribution is 5.43. The third kappa shape index (κ3) is 6.93. The number of aryl methyl sites for hydroxylation is 1. The quantitative estimate of drug-likeness (QED) is 0.563. The molecule has 0 amide bonds. The normalized spacial score (nSPS) is 17.1. The largest absolute Gasteiger partial charge is 0.483 e. The van der Waals surface area contributed by atoms with Crippen LogP contribution in [-0.2, 0) is 22.4 Å². The lowest BCUT2D eigenvalue weighted by atomic mass is 9.83. The molecule has 0 aromatic carbocycles. The fraction of sp³-hybridized carbons (Fsp3) is 0.640. The molecule has 2 aromatic rings. The zero-order valence-corrected chi connectivity index (χ0v) is 21.2. The molecule has 1 saturated heterocycles. The number of nitrogens with zero attached hydrogens (tertiary/aromatic N) is 4. The van der Waals surface area contributed by atoms with Crippen molar-refractivity contribution in [2.75, 3.05) is 46.6 Å². The number of hydrogen-bond acceptors (Lipinski definition) is 8. The predicted molar refractivity (Wildman–Crippen MR) is 131 cm³/mol. The van der Waals surface area contributed by atoms with Gasteiger partial charge in [-0.1, -0.05) is 0 Å². The van der Waals surface area contributed by atoms with Gasteiger partial charge in [-0.2, -0.15) is 0 Å². The Bertz CT molecular complexity index is 964. The van der Waals surface area contributed by atoms with E-state index in [2.05, 4.69) is 9.88 Å². The Morgan fingerprint density at radius 3 is 2.54 bits per heavy atom. The zero-order chi connectivity index (χ0) is 25.4. The standard InChI is InChI=1S/C24H36N4O4.CH2O2/c1-17-15-19(16-25-22(17)30-4)28-21-8-13-31-12-7-20(21)23(26-28)32-14-11-27-9-5-18(6-10-27)24(2,3)29;2-1-3/h15-16,18,29H,5-14H2,1-4H3;1H,(H,2,3). The lowest BCUT2D eigenvalue weighted by Gasteiger charge is -2.37. The van der Waals surface area contributed by atoms with E-state index in [0.717, 1.165) is 67.8 Å². The van der Waals surface area contributed by atoms with Gasteiger partial charge in [0, 0.05) is 30.5 Å². The molecular weight excluding hydrogens is 452 g/mol. The van der Waals surface area contributed by atoms with E-state index in [1.54, 1.807) is 13.3 Å². The molecule has 2 aliphatic heterocycles. The highest BCUT2D eigenvalue weighted by Crippen LogP contribution is 2.30. The summed E-state index contributed by atoms with van der Waals surface area (Å²) in [7, 11) is 1.63. The molecule has 0 spiro atoms. The van der Waals surface area contributed by atoms with Crippen molar-refractivity contribution in [3.8, 4) is 17.4 Å². The van der Waals surface area contributed by atoms with E-state index < -0.39 is 5.60 Å². The second-order valence-corrected chi connectivity index (χ2v) is 9.50. The highest BCUT2D eigenvalue weighted by atomic mass is 16.5. The summed E-state index contributed by atoms with van der Waals surface area (Å²) in [5.41, 5.74) is 3.55. The number of methoxy groups -OCH3 is 1. The molecule has 2 aliphatic rings. The van der Waals surface area contributed by atoms with Gasteiger partial charge in [0.2, 0.25) is 11.8 Å². The minimum absolute atomic E-state index is 0.250. The van der Waals surface area contributed by atoms with Gasteiger partial charge in [0.15, 0.2) is 0 Å². The average molecular weight is 491 g/mol. The maximum atomic E-state index is 10.3. The predicted octanol–water partition coefficient (Wildman–Crippen LogP) is 2.26. The molecule has 0 atom stereocenters. The maximum Gasteiger partial charge on any atom is 0.290 e. The number of likely N-dealkylation sites (tertiary alicyclic amines) is 1. The molecule has 35 heavy (non-hydrogen) atoms. The number of ether oxygens (including phenoxy) is 3. The second-order valence-electron chi connectivity index (χ2n) is 9.50. The molecule has 0 saturated carbocycles. The summed E-state index contributed by atoms with van der Waals surface area (Å²) in [5, 5.41) is 22.0. The van der Waals surface area contributed by atoms with Gasteiger partial charge < -0.3 is 24.4 Å². The molecular formula is C25H38N4O6. The molecule has 194 valence electrons. The Hall–Kier alpha value is -2.69. The topological polar surface area (TPSA) is 119 Å². The number of carbonyl (C=O) groups is 1. The van der Waals surface area contributed by atoms with Gasteiger partial charge in [0.25, 0.3) is 6.47 Å². The Morgan fingerprint density at radius 1 is 1.23 bits per heavy atom. The first-order valence-corrected chi connectivity index (χ1v) is 12.1. The molecule has 0 aliphatic carbocycles. The van der Waals surface area contributed by atoms with Gasteiger partial charge in [0.1, 0.15) is 6.61 Å². The van der Waals surface area contributed by atoms with Crippen LogP contribution >= 0.6 is 0 Å². The molecule has 2 N–H and O–H groups in total. The van der Waals surface area contributed by atoms with E-state index in [-0.39, 0.29) is 6.47 Å². The van der Waals surface area contributed by atoms with Crippen LogP contribution in [0.5, 0.6) is 11.8 Å². The van der Waals surface area contributed by atoms with Crippen LogP contribution in [-0.4, -0.2) is 88.5 Å². The molecule has 0 radical (unpaired) electrons. The molecule has 4 heterocycles. The van der Waals surface area contributed by atoms with Crippen LogP contribution in [0.2, 0.25) is 0 Å². The summed E-state index contributed by atoms with van der Waals surface area (Å²) < 4.78 is 19.2. The van der Waals surface area contributed by atoms with E-state index >= 15 is 0 Å². The first-order chi connectivity index (χ1) is 16.8. The van der Waals surface area contributed by atoms with Crippen LogP contribution < -0.4 is 9.47 Å². The maximum absolute atomic E-state index is 10.3. The van der Waals surface area contributed by atoms with Crippen LogP contribution in [0, 0.1) is 12.8 Å². The van der Waals surface area contributed by atoms with Crippen LogP contribution in [0.4, 0.5) is 0 Å². The van der Waals surface area contributed by atoms with Gasteiger partial charge in [-0.25, -0.2) is 9.67 Å². The van der Waals surface area contributed by atoms with E-state index in [0.29, 0.717) is 37.5 Å². The van der Waals surface area contributed by atoms with Crippen LogP contribution in [0.3, 0.4) is 0 Å². The van der Waals surface area contributed by atoms with Crippen molar-refractivity contribution >= 4 is 6.47 Å². The van der Waals surface area contributed by atoms with Crippen molar-refractivity contribution in [3.63, 3.8) is 0 Å². The third-order valence-corrected chi connectivity index (χ3v) is 6.72. The summed E-state index contributed by atoms with van der Waals surface area (Å²) in [4.78, 5) is 15.2. The van der Waals surface area contributed by atoms with Crippen molar-refractivity contribution in [3.05, 3.63) is 29.1 Å². The number of rotatable bonds is 7.